The van der Waals surface area contributed by atoms with Gasteiger partial charge in [-0.05, 0) is 77.9 Å². The van der Waals surface area contributed by atoms with Gasteiger partial charge in [0.2, 0.25) is 5.89 Å². The fourth-order valence-corrected chi connectivity index (χ4v) is 6.41. The molecule has 0 unspecified atom stereocenters. The average molecular weight is 551 g/mol. The Morgan fingerprint density at radius 2 is 1.35 bits per heavy atom. The second kappa shape index (κ2) is 8.94. The molecule has 0 bridgehead atoms. The van der Waals surface area contributed by atoms with Crippen molar-refractivity contribution in [3.05, 3.63) is 139 Å². The molecule has 6 aromatic carbocycles. The van der Waals surface area contributed by atoms with Crippen molar-refractivity contribution < 1.29 is 4.42 Å². The molecule has 0 aliphatic carbocycles. The van der Waals surface area contributed by atoms with Crippen LogP contribution in [-0.4, -0.2) is 9.55 Å². The molecule has 0 saturated carbocycles. The van der Waals surface area contributed by atoms with Crippen LogP contribution in [0.1, 0.15) is 5.56 Å². The molecule has 0 atom stereocenters. The number of fused-ring (bicyclic) bond motifs is 6. The number of rotatable bonds is 3. The summed E-state index contributed by atoms with van der Waals surface area (Å²) in [6, 6.07) is 48.3. The molecule has 9 rings (SSSR count). The summed E-state index contributed by atoms with van der Waals surface area (Å²) in [5, 5.41) is 11.7. The van der Waals surface area contributed by atoms with Crippen molar-refractivity contribution in [1.29, 1.82) is 5.26 Å². The molecule has 1 aliphatic heterocycles. The van der Waals surface area contributed by atoms with Gasteiger partial charge in [-0.1, -0.05) is 60.7 Å². The normalized spacial score (nSPS) is 12.1. The van der Waals surface area contributed by atoms with E-state index in [0.29, 0.717) is 17.0 Å². The minimum Gasteiger partial charge on any atom is -0.436 e. The summed E-state index contributed by atoms with van der Waals surface area (Å²) in [6.07, 6.45) is 0. The highest BCUT2D eigenvalue weighted by molar-refractivity contribution is 6.18. The summed E-state index contributed by atoms with van der Waals surface area (Å²) in [5.74, 6) is 0.539. The number of nitriles is 1. The highest BCUT2D eigenvalue weighted by Gasteiger charge is 2.29. The summed E-state index contributed by atoms with van der Waals surface area (Å²) < 4.78 is 8.43. The van der Waals surface area contributed by atoms with E-state index in [1.807, 2.05) is 6.07 Å². The van der Waals surface area contributed by atoms with Crippen LogP contribution in [0.5, 0.6) is 0 Å². The largest absolute Gasteiger partial charge is 0.436 e. The Morgan fingerprint density at radius 1 is 0.605 bits per heavy atom. The summed E-state index contributed by atoms with van der Waals surface area (Å²) >= 11 is 0. The Balaban J connectivity index is 1.25. The number of anilines is 3. The molecule has 0 N–H and O–H groups in total. The van der Waals surface area contributed by atoms with E-state index in [2.05, 4.69) is 136 Å². The van der Waals surface area contributed by atoms with Gasteiger partial charge >= 0.3 is 0 Å². The van der Waals surface area contributed by atoms with Crippen molar-refractivity contribution >= 4 is 50.0 Å². The molecular weight excluding hydrogens is 528 g/mol. The fourth-order valence-electron chi connectivity index (χ4n) is 6.41. The molecule has 0 amide bonds. The Hall–Kier alpha value is -6.12. The van der Waals surface area contributed by atoms with E-state index in [1.165, 1.54) is 27.5 Å². The number of hydrogen-bond donors (Lipinski definition) is 0. The van der Waals surface area contributed by atoms with Crippen LogP contribution in [0.15, 0.2) is 138 Å². The highest BCUT2D eigenvalue weighted by atomic mass is 16.3. The van der Waals surface area contributed by atoms with Gasteiger partial charge in [-0.25, -0.2) is 4.98 Å². The number of hydrogen-bond acceptors (Lipinski definition) is 4. The maximum absolute atomic E-state index is 9.24. The van der Waals surface area contributed by atoms with Crippen molar-refractivity contribution in [3.8, 4) is 34.3 Å². The van der Waals surface area contributed by atoms with E-state index >= 15 is 0 Å². The van der Waals surface area contributed by atoms with Gasteiger partial charge in [0, 0.05) is 28.1 Å². The van der Waals surface area contributed by atoms with Gasteiger partial charge in [-0.2, -0.15) is 5.26 Å². The quantitative estimate of drug-likeness (QED) is 0.220. The lowest BCUT2D eigenvalue weighted by atomic mass is 9.98. The fraction of sp³-hybridized carbons (Fsp3) is 0. The van der Waals surface area contributed by atoms with E-state index in [0.717, 1.165) is 39.3 Å². The van der Waals surface area contributed by atoms with Crippen LogP contribution < -0.4 is 4.90 Å². The molecule has 5 nitrogen and oxygen atoms in total. The first-order valence-corrected chi connectivity index (χ1v) is 14.2. The smallest absolute Gasteiger partial charge is 0.227 e. The topological polar surface area (TPSA) is 58.0 Å². The highest BCUT2D eigenvalue weighted by Crippen LogP contribution is 2.50. The second-order valence-electron chi connectivity index (χ2n) is 10.8. The third kappa shape index (κ3) is 3.47. The number of nitrogens with zero attached hydrogens (tertiary/aromatic N) is 4. The number of para-hydroxylation sites is 4. The number of benzene rings is 6. The zero-order valence-corrected chi connectivity index (χ0v) is 22.9. The predicted octanol–water partition coefficient (Wildman–Crippen LogP) is 9.91. The molecule has 8 aromatic rings. The van der Waals surface area contributed by atoms with Crippen molar-refractivity contribution in [2.45, 2.75) is 0 Å². The lowest BCUT2D eigenvalue weighted by Crippen LogP contribution is -2.18. The zero-order valence-electron chi connectivity index (χ0n) is 22.9. The van der Waals surface area contributed by atoms with Gasteiger partial charge in [-0.3, -0.25) is 0 Å². The Kier molecular flexibility index (Phi) is 4.90. The van der Waals surface area contributed by atoms with E-state index < -0.39 is 0 Å². The molecule has 2 aromatic heterocycles. The van der Waals surface area contributed by atoms with Crippen LogP contribution in [0.25, 0.3) is 61.2 Å². The molecule has 3 heterocycles. The van der Waals surface area contributed by atoms with Gasteiger partial charge < -0.3 is 13.9 Å². The van der Waals surface area contributed by atoms with Crippen molar-refractivity contribution in [3.63, 3.8) is 0 Å². The minimum absolute atomic E-state index is 0.539. The minimum atomic E-state index is 0.539. The van der Waals surface area contributed by atoms with Crippen LogP contribution in [0.3, 0.4) is 0 Å². The molecule has 0 spiro atoms. The van der Waals surface area contributed by atoms with Crippen molar-refractivity contribution in [1.82, 2.24) is 9.55 Å². The third-order valence-electron chi connectivity index (χ3n) is 8.35. The Bertz CT molecular complexity index is 2410. The summed E-state index contributed by atoms with van der Waals surface area (Å²) in [5.41, 5.74) is 12.0. The van der Waals surface area contributed by atoms with E-state index in [-0.39, 0.29) is 0 Å². The molecule has 43 heavy (non-hydrogen) atoms. The van der Waals surface area contributed by atoms with Crippen LogP contribution in [0, 0.1) is 11.3 Å². The first-order chi connectivity index (χ1) is 21.3. The lowest BCUT2D eigenvalue weighted by Gasteiger charge is -2.33. The molecule has 0 saturated heterocycles. The van der Waals surface area contributed by atoms with Crippen molar-refractivity contribution in [2.75, 3.05) is 4.90 Å². The maximum Gasteiger partial charge on any atom is 0.227 e. The Morgan fingerprint density at radius 3 is 2.19 bits per heavy atom. The van der Waals surface area contributed by atoms with Crippen LogP contribution in [-0.2, 0) is 0 Å². The second-order valence-corrected chi connectivity index (χ2v) is 10.8. The maximum atomic E-state index is 9.24. The SMILES string of the molecule is N#Cc1ccc2nc(-c3ccc(-c4cc5c6c(c4)c4ccccc4n6-c4ccccc4N5c4ccccc4)cc3)oc2c1. The predicted molar refractivity (Wildman–Crippen MR) is 172 cm³/mol. The summed E-state index contributed by atoms with van der Waals surface area (Å²) in [7, 11) is 0. The zero-order chi connectivity index (χ0) is 28.5. The van der Waals surface area contributed by atoms with Gasteiger partial charge in [0.15, 0.2) is 5.58 Å². The molecule has 0 fully saturated rings. The summed E-state index contributed by atoms with van der Waals surface area (Å²) in [6.45, 7) is 0. The van der Waals surface area contributed by atoms with Crippen molar-refractivity contribution in [2.24, 2.45) is 0 Å². The van der Waals surface area contributed by atoms with Gasteiger partial charge in [0.05, 0.1) is 39.7 Å². The van der Waals surface area contributed by atoms with Crippen LogP contribution in [0.2, 0.25) is 0 Å². The van der Waals surface area contributed by atoms with Gasteiger partial charge in [-0.15, -0.1) is 0 Å². The number of oxazole rings is 1. The van der Waals surface area contributed by atoms with Crippen LogP contribution >= 0.6 is 0 Å². The van der Waals surface area contributed by atoms with E-state index in [1.54, 1.807) is 12.1 Å². The standard InChI is InChI=1S/C38H22N4O/c39-23-24-14-19-31-36(20-24)43-38(40-31)26-17-15-25(16-18-26)27-21-30-29-10-4-5-11-32(29)42-34-13-7-6-12-33(34)41(35(22-27)37(30)42)28-8-2-1-3-9-28/h1-22H. The summed E-state index contributed by atoms with van der Waals surface area (Å²) in [4.78, 5) is 7.03. The average Bonchev–Trinajstić information content (AvgIpc) is 3.65. The molecule has 0 radical (unpaired) electrons. The molecule has 5 heteroatoms. The van der Waals surface area contributed by atoms with E-state index in [9.17, 15) is 5.26 Å². The molecular formula is C38H22N4O. The third-order valence-corrected chi connectivity index (χ3v) is 8.35. The number of aromatic nitrogens is 2. The first-order valence-electron chi connectivity index (χ1n) is 14.2. The Labute approximate surface area is 247 Å². The van der Waals surface area contributed by atoms with Crippen LogP contribution in [0.4, 0.5) is 17.1 Å². The van der Waals surface area contributed by atoms with Gasteiger partial charge in [0.25, 0.3) is 0 Å². The lowest BCUT2D eigenvalue weighted by molar-refractivity contribution is 0.620. The van der Waals surface area contributed by atoms with E-state index in [4.69, 9.17) is 4.42 Å². The first kappa shape index (κ1) is 23.6. The molecule has 200 valence electrons. The molecule has 1 aliphatic rings. The van der Waals surface area contributed by atoms with Gasteiger partial charge in [0.1, 0.15) is 5.52 Å². The monoisotopic (exact) mass is 550 g/mol.